The summed E-state index contributed by atoms with van der Waals surface area (Å²) in [6, 6.07) is 4.98. The zero-order valence-corrected chi connectivity index (χ0v) is 9.69. The largest absolute Gasteiger partial charge is 0.351 e. The van der Waals surface area contributed by atoms with Crippen LogP contribution >= 0.6 is 11.8 Å². The maximum absolute atomic E-state index is 12.8. The average molecular weight is 256 g/mol. The molecule has 1 amide bonds. The molecule has 1 aromatic carbocycles. The molecule has 1 aromatic rings. The standard InChI is InChI=1S/C11H10F2N2OS/c12-9-3-8(4-10(13)5-9)6-15-11(16)7-17-2-1-14/h3-5H,2,6-7H2,(H,15,16). The molecule has 0 aliphatic rings. The van der Waals surface area contributed by atoms with Crippen LogP contribution in [0.15, 0.2) is 18.2 Å². The Morgan fingerprint density at radius 1 is 1.35 bits per heavy atom. The number of hydrogen-bond donors (Lipinski definition) is 1. The quantitative estimate of drug-likeness (QED) is 0.818. The number of amides is 1. The molecule has 0 bridgehead atoms. The zero-order chi connectivity index (χ0) is 12.7. The number of nitrogens with zero attached hydrogens (tertiary/aromatic N) is 1. The van der Waals surface area contributed by atoms with Crippen LogP contribution in [0, 0.1) is 23.0 Å². The summed E-state index contributed by atoms with van der Waals surface area (Å²) in [6.07, 6.45) is 0. The van der Waals surface area contributed by atoms with E-state index in [1.807, 2.05) is 6.07 Å². The minimum atomic E-state index is -0.673. The van der Waals surface area contributed by atoms with Crippen LogP contribution in [0.2, 0.25) is 0 Å². The number of halogens is 2. The molecular formula is C11H10F2N2OS. The van der Waals surface area contributed by atoms with Crippen LogP contribution in [-0.4, -0.2) is 17.4 Å². The summed E-state index contributed by atoms with van der Waals surface area (Å²) in [6.45, 7) is 0.0701. The summed E-state index contributed by atoms with van der Waals surface area (Å²) in [7, 11) is 0. The van der Waals surface area contributed by atoms with Crippen molar-refractivity contribution < 1.29 is 13.6 Å². The molecule has 0 aliphatic heterocycles. The number of benzene rings is 1. The monoisotopic (exact) mass is 256 g/mol. The van der Waals surface area contributed by atoms with E-state index in [0.29, 0.717) is 5.56 Å². The van der Waals surface area contributed by atoms with Gasteiger partial charge in [0.1, 0.15) is 11.6 Å². The first-order valence-electron chi connectivity index (χ1n) is 4.78. The van der Waals surface area contributed by atoms with E-state index in [4.69, 9.17) is 5.26 Å². The lowest BCUT2D eigenvalue weighted by Crippen LogP contribution is -2.24. The maximum atomic E-state index is 12.8. The second-order valence-electron chi connectivity index (χ2n) is 3.21. The van der Waals surface area contributed by atoms with Crippen LogP contribution in [-0.2, 0) is 11.3 Å². The van der Waals surface area contributed by atoms with Gasteiger partial charge in [-0.05, 0) is 17.7 Å². The Morgan fingerprint density at radius 3 is 2.59 bits per heavy atom. The first-order valence-corrected chi connectivity index (χ1v) is 5.93. The van der Waals surface area contributed by atoms with Gasteiger partial charge in [0.25, 0.3) is 0 Å². The number of nitrogens with one attached hydrogen (secondary N) is 1. The van der Waals surface area contributed by atoms with Crippen LogP contribution in [0.3, 0.4) is 0 Å². The zero-order valence-electron chi connectivity index (χ0n) is 8.87. The van der Waals surface area contributed by atoms with Crippen molar-refractivity contribution in [1.29, 1.82) is 5.26 Å². The number of carbonyl (C=O) groups is 1. The summed E-state index contributed by atoms with van der Waals surface area (Å²) >= 11 is 1.18. The van der Waals surface area contributed by atoms with Gasteiger partial charge in [0, 0.05) is 12.6 Å². The van der Waals surface area contributed by atoms with E-state index < -0.39 is 11.6 Å². The van der Waals surface area contributed by atoms with Crippen LogP contribution in [0.4, 0.5) is 8.78 Å². The van der Waals surface area contributed by atoms with Crippen molar-refractivity contribution in [3.8, 4) is 6.07 Å². The molecule has 0 heterocycles. The second kappa shape index (κ2) is 6.86. The lowest BCUT2D eigenvalue weighted by atomic mass is 10.2. The Balaban J connectivity index is 2.39. The van der Waals surface area contributed by atoms with Gasteiger partial charge in [-0.15, -0.1) is 11.8 Å². The Bertz CT molecular complexity index is 425. The molecule has 90 valence electrons. The van der Waals surface area contributed by atoms with Crippen molar-refractivity contribution in [3.63, 3.8) is 0 Å². The van der Waals surface area contributed by atoms with Crippen LogP contribution in [0.25, 0.3) is 0 Å². The highest BCUT2D eigenvalue weighted by atomic mass is 32.2. The first-order chi connectivity index (χ1) is 8.11. The molecule has 3 nitrogen and oxygen atoms in total. The molecule has 0 aromatic heterocycles. The predicted molar refractivity (Wildman–Crippen MR) is 61.1 cm³/mol. The molecule has 0 saturated carbocycles. The van der Waals surface area contributed by atoms with E-state index in [9.17, 15) is 13.6 Å². The normalized spacial score (nSPS) is 9.71. The number of nitriles is 1. The van der Waals surface area contributed by atoms with E-state index >= 15 is 0 Å². The van der Waals surface area contributed by atoms with Gasteiger partial charge in [-0.3, -0.25) is 4.79 Å². The van der Waals surface area contributed by atoms with E-state index in [1.165, 1.54) is 11.8 Å². The van der Waals surface area contributed by atoms with Gasteiger partial charge in [0.15, 0.2) is 0 Å². The summed E-state index contributed by atoms with van der Waals surface area (Å²) in [4.78, 5) is 11.2. The third kappa shape index (κ3) is 5.31. The molecule has 17 heavy (non-hydrogen) atoms. The summed E-state index contributed by atoms with van der Waals surface area (Å²) in [5.41, 5.74) is 0.362. The van der Waals surface area contributed by atoms with Crippen LogP contribution in [0.5, 0.6) is 0 Å². The molecule has 0 saturated heterocycles. The Hall–Kier alpha value is -1.61. The fourth-order valence-electron chi connectivity index (χ4n) is 1.15. The van der Waals surface area contributed by atoms with Crippen molar-refractivity contribution >= 4 is 17.7 Å². The highest BCUT2D eigenvalue weighted by molar-refractivity contribution is 8.00. The van der Waals surface area contributed by atoms with Gasteiger partial charge in [-0.2, -0.15) is 5.26 Å². The van der Waals surface area contributed by atoms with Crippen LogP contribution in [0.1, 0.15) is 5.56 Å². The smallest absolute Gasteiger partial charge is 0.230 e. The van der Waals surface area contributed by atoms with Crippen molar-refractivity contribution in [3.05, 3.63) is 35.4 Å². The number of carbonyl (C=O) groups excluding carboxylic acids is 1. The predicted octanol–water partition coefficient (Wildman–Crippen LogP) is 1.84. The number of thioether (sulfide) groups is 1. The van der Waals surface area contributed by atoms with E-state index in [0.717, 1.165) is 18.2 Å². The van der Waals surface area contributed by atoms with Crippen molar-refractivity contribution in [2.45, 2.75) is 6.54 Å². The molecule has 6 heteroatoms. The SMILES string of the molecule is N#CCSCC(=O)NCc1cc(F)cc(F)c1. The van der Waals surface area contributed by atoms with Gasteiger partial charge >= 0.3 is 0 Å². The Kier molecular flexibility index (Phi) is 5.43. The lowest BCUT2D eigenvalue weighted by molar-refractivity contribution is -0.118. The van der Waals surface area contributed by atoms with E-state index in [-0.39, 0.29) is 24.0 Å². The molecule has 0 spiro atoms. The minimum Gasteiger partial charge on any atom is -0.351 e. The Labute approximate surface area is 102 Å². The fourth-order valence-corrected chi connectivity index (χ4v) is 1.63. The van der Waals surface area contributed by atoms with Gasteiger partial charge in [0.05, 0.1) is 17.6 Å². The second-order valence-corrected chi connectivity index (χ2v) is 4.19. The molecule has 1 N–H and O–H groups in total. The first kappa shape index (κ1) is 13.5. The fraction of sp³-hybridized carbons (Fsp3) is 0.273. The summed E-state index contributed by atoms with van der Waals surface area (Å²) in [5.74, 6) is -1.22. The molecule has 0 fully saturated rings. The maximum Gasteiger partial charge on any atom is 0.230 e. The third-order valence-electron chi connectivity index (χ3n) is 1.81. The summed E-state index contributed by atoms with van der Waals surface area (Å²) < 4.78 is 25.6. The molecule has 0 radical (unpaired) electrons. The van der Waals surface area contributed by atoms with Gasteiger partial charge in [-0.25, -0.2) is 8.78 Å². The molecular weight excluding hydrogens is 246 g/mol. The molecule has 0 atom stereocenters. The van der Waals surface area contributed by atoms with Crippen molar-refractivity contribution in [2.75, 3.05) is 11.5 Å². The topological polar surface area (TPSA) is 52.9 Å². The average Bonchev–Trinajstić information content (AvgIpc) is 2.25. The number of rotatable bonds is 5. The number of hydrogen-bond acceptors (Lipinski definition) is 3. The van der Waals surface area contributed by atoms with Gasteiger partial charge < -0.3 is 5.32 Å². The highest BCUT2D eigenvalue weighted by Gasteiger charge is 2.04. The summed E-state index contributed by atoms with van der Waals surface area (Å²) in [5, 5.41) is 10.8. The Morgan fingerprint density at radius 2 is 2.00 bits per heavy atom. The minimum absolute atomic E-state index is 0.0701. The van der Waals surface area contributed by atoms with E-state index in [1.54, 1.807) is 0 Å². The van der Waals surface area contributed by atoms with Crippen LogP contribution < -0.4 is 5.32 Å². The van der Waals surface area contributed by atoms with Crippen molar-refractivity contribution in [2.24, 2.45) is 0 Å². The molecule has 0 aliphatic carbocycles. The van der Waals surface area contributed by atoms with Crippen molar-refractivity contribution in [1.82, 2.24) is 5.32 Å². The highest BCUT2D eigenvalue weighted by Crippen LogP contribution is 2.07. The molecule has 0 unspecified atom stereocenters. The third-order valence-corrected chi connectivity index (χ3v) is 2.61. The van der Waals surface area contributed by atoms with E-state index in [2.05, 4.69) is 5.32 Å². The van der Waals surface area contributed by atoms with Gasteiger partial charge in [0.2, 0.25) is 5.91 Å². The molecule has 1 rings (SSSR count). The lowest BCUT2D eigenvalue weighted by Gasteiger charge is -2.04. The van der Waals surface area contributed by atoms with Gasteiger partial charge in [-0.1, -0.05) is 0 Å².